The molecular weight excluding hydrogens is 448 g/mol. The topological polar surface area (TPSA) is 84.5 Å². The zero-order valence-electron chi connectivity index (χ0n) is 15.0. The first kappa shape index (κ1) is 21.7. The summed E-state index contributed by atoms with van der Waals surface area (Å²) in [6.07, 6.45) is 2.80. The minimum absolute atomic E-state index is 0.253. The summed E-state index contributed by atoms with van der Waals surface area (Å²) in [5.74, 6) is -1.65. The SMILES string of the molecule is Cc1c(Cl)cccc1NC(=O)CNC(=O)COC(=O)/C=C/c1ccc(Br)cc1. The van der Waals surface area contributed by atoms with Crippen molar-refractivity contribution in [2.24, 2.45) is 0 Å². The van der Waals surface area contributed by atoms with Crippen molar-refractivity contribution in [3.05, 3.63) is 69.2 Å². The Balaban J connectivity index is 1.71. The third-order valence-electron chi connectivity index (χ3n) is 3.62. The lowest BCUT2D eigenvalue weighted by atomic mass is 10.2. The number of rotatable bonds is 7. The van der Waals surface area contributed by atoms with Gasteiger partial charge < -0.3 is 15.4 Å². The second-order valence-electron chi connectivity index (χ2n) is 5.73. The molecule has 8 heteroatoms. The van der Waals surface area contributed by atoms with Crippen molar-refractivity contribution in [3.63, 3.8) is 0 Å². The van der Waals surface area contributed by atoms with Crippen molar-refractivity contribution < 1.29 is 19.1 Å². The molecule has 0 fully saturated rings. The van der Waals surface area contributed by atoms with Gasteiger partial charge in [-0.05, 0) is 48.4 Å². The van der Waals surface area contributed by atoms with Crippen molar-refractivity contribution >= 4 is 57.1 Å². The summed E-state index contributed by atoms with van der Waals surface area (Å²) in [6, 6.07) is 12.5. The third-order valence-corrected chi connectivity index (χ3v) is 4.55. The predicted octanol–water partition coefficient (Wildman–Crippen LogP) is 3.72. The normalized spacial score (nSPS) is 10.5. The highest BCUT2D eigenvalue weighted by atomic mass is 79.9. The summed E-state index contributed by atoms with van der Waals surface area (Å²) >= 11 is 9.31. The highest BCUT2D eigenvalue weighted by Crippen LogP contribution is 2.22. The average Bonchev–Trinajstić information content (AvgIpc) is 2.68. The van der Waals surface area contributed by atoms with Gasteiger partial charge in [-0.3, -0.25) is 9.59 Å². The Morgan fingerprint density at radius 1 is 1.11 bits per heavy atom. The third kappa shape index (κ3) is 7.17. The number of esters is 1. The average molecular weight is 466 g/mol. The van der Waals surface area contributed by atoms with Gasteiger partial charge in [-0.1, -0.05) is 45.7 Å². The molecule has 6 nitrogen and oxygen atoms in total. The van der Waals surface area contributed by atoms with Crippen LogP contribution in [0, 0.1) is 6.92 Å². The number of carbonyl (C=O) groups excluding carboxylic acids is 3. The van der Waals surface area contributed by atoms with Crippen molar-refractivity contribution in [3.8, 4) is 0 Å². The van der Waals surface area contributed by atoms with Crippen LogP contribution in [-0.4, -0.2) is 30.9 Å². The Morgan fingerprint density at radius 3 is 2.54 bits per heavy atom. The van der Waals surface area contributed by atoms with Crippen molar-refractivity contribution in [2.75, 3.05) is 18.5 Å². The molecule has 0 aromatic heterocycles. The molecule has 0 aliphatic carbocycles. The second kappa shape index (κ2) is 10.6. The van der Waals surface area contributed by atoms with E-state index >= 15 is 0 Å². The highest BCUT2D eigenvalue weighted by molar-refractivity contribution is 9.10. The van der Waals surface area contributed by atoms with E-state index in [2.05, 4.69) is 26.6 Å². The van der Waals surface area contributed by atoms with E-state index in [1.165, 1.54) is 6.08 Å². The molecule has 146 valence electrons. The van der Waals surface area contributed by atoms with Gasteiger partial charge in [-0.15, -0.1) is 0 Å². The minimum Gasteiger partial charge on any atom is -0.452 e. The Bertz CT molecular complexity index is 898. The van der Waals surface area contributed by atoms with Crippen LogP contribution in [0.4, 0.5) is 5.69 Å². The molecule has 2 rings (SSSR count). The molecule has 0 heterocycles. The number of benzene rings is 2. The molecule has 0 saturated carbocycles. The van der Waals surface area contributed by atoms with Crippen LogP contribution in [-0.2, 0) is 19.1 Å². The van der Waals surface area contributed by atoms with Gasteiger partial charge in [0.25, 0.3) is 5.91 Å². The fourth-order valence-electron chi connectivity index (χ4n) is 2.09. The molecule has 2 aromatic rings. The van der Waals surface area contributed by atoms with Crippen LogP contribution in [0.2, 0.25) is 5.02 Å². The fourth-order valence-corrected chi connectivity index (χ4v) is 2.53. The van der Waals surface area contributed by atoms with Gasteiger partial charge in [0.15, 0.2) is 6.61 Å². The Hall–Kier alpha value is -2.64. The summed E-state index contributed by atoms with van der Waals surface area (Å²) in [5, 5.41) is 5.57. The first-order valence-electron chi connectivity index (χ1n) is 8.27. The number of ether oxygens (including phenoxy) is 1. The van der Waals surface area contributed by atoms with E-state index in [9.17, 15) is 14.4 Å². The zero-order chi connectivity index (χ0) is 20.5. The van der Waals surface area contributed by atoms with Gasteiger partial charge in [0.1, 0.15) is 0 Å². The number of carbonyl (C=O) groups is 3. The summed E-state index contributed by atoms with van der Waals surface area (Å²) in [6.45, 7) is 1.04. The molecule has 0 saturated heterocycles. The summed E-state index contributed by atoms with van der Waals surface area (Å²) < 4.78 is 5.77. The van der Waals surface area contributed by atoms with Crippen LogP contribution < -0.4 is 10.6 Å². The van der Waals surface area contributed by atoms with Crippen molar-refractivity contribution in [1.29, 1.82) is 0 Å². The van der Waals surface area contributed by atoms with Crippen LogP contribution in [0.1, 0.15) is 11.1 Å². The molecular formula is C20H18BrClN2O4. The zero-order valence-corrected chi connectivity index (χ0v) is 17.3. The Morgan fingerprint density at radius 2 is 1.82 bits per heavy atom. The molecule has 0 aliphatic rings. The number of amides is 2. The Kier molecular flexibility index (Phi) is 8.22. The molecule has 2 N–H and O–H groups in total. The van der Waals surface area contributed by atoms with E-state index in [0.717, 1.165) is 15.6 Å². The second-order valence-corrected chi connectivity index (χ2v) is 7.05. The van der Waals surface area contributed by atoms with Crippen molar-refractivity contribution in [1.82, 2.24) is 5.32 Å². The lowest BCUT2D eigenvalue weighted by Crippen LogP contribution is -2.35. The van der Waals surface area contributed by atoms with Gasteiger partial charge in [0.05, 0.1) is 6.54 Å². The molecule has 0 unspecified atom stereocenters. The van der Waals surface area contributed by atoms with Crippen LogP contribution in [0.15, 0.2) is 53.0 Å². The quantitative estimate of drug-likeness (QED) is 0.482. The summed E-state index contributed by atoms with van der Waals surface area (Å²) in [5.41, 5.74) is 2.11. The predicted molar refractivity (Wildman–Crippen MR) is 112 cm³/mol. The van der Waals surface area contributed by atoms with Crippen LogP contribution in [0.25, 0.3) is 6.08 Å². The maximum Gasteiger partial charge on any atom is 0.331 e. The van der Waals surface area contributed by atoms with Gasteiger partial charge in [0.2, 0.25) is 5.91 Å². The standard InChI is InChI=1S/C20H18BrClN2O4/c1-13-16(22)3-2-4-17(13)24-18(25)11-23-19(26)12-28-20(27)10-7-14-5-8-15(21)9-6-14/h2-10H,11-12H2,1H3,(H,23,26)(H,24,25)/b10-7+. The minimum atomic E-state index is -0.655. The molecule has 0 bridgehead atoms. The number of hydrogen-bond donors (Lipinski definition) is 2. The van der Waals surface area contributed by atoms with E-state index in [1.807, 2.05) is 24.3 Å². The molecule has 2 aromatic carbocycles. The number of hydrogen-bond acceptors (Lipinski definition) is 4. The number of nitrogens with one attached hydrogen (secondary N) is 2. The first-order chi connectivity index (χ1) is 13.3. The van der Waals surface area contributed by atoms with Crippen LogP contribution in [0.3, 0.4) is 0 Å². The maximum absolute atomic E-state index is 11.9. The lowest BCUT2D eigenvalue weighted by molar-refractivity contribution is -0.143. The van der Waals surface area contributed by atoms with Crippen molar-refractivity contribution in [2.45, 2.75) is 6.92 Å². The first-order valence-corrected chi connectivity index (χ1v) is 9.44. The highest BCUT2D eigenvalue weighted by Gasteiger charge is 2.10. The number of halogens is 2. The summed E-state index contributed by atoms with van der Waals surface area (Å²) in [7, 11) is 0. The van der Waals surface area contributed by atoms with Gasteiger partial charge >= 0.3 is 5.97 Å². The van der Waals surface area contributed by atoms with Crippen LogP contribution in [0.5, 0.6) is 0 Å². The van der Waals surface area contributed by atoms with Gasteiger partial charge in [-0.25, -0.2) is 4.79 Å². The molecule has 2 amide bonds. The van der Waals surface area contributed by atoms with Gasteiger partial charge in [-0.2, -0.15) is 0 Å². The largest absolute Gasteiger partial charge is 0.452 e. The van der Waals surface area contributed by atoms with E-state index in [1.54, 1.807) is 31.2 Å². The van der Waals surface area contributed by atoms with E-state index in [4.69, 9.17) is 16.3 Å². The summed E-state index contributed by atoms with van der Waals surface area (Å²) in [4.78, 5) is 35.3. The van der Waals surface area contributed by atoms with E-state index < -0.39 is 24.4 Å². The molecule has 0 aliphatic heterocycles. The smallest absolute Gasteiger partial charge is 0.331 e. The van der Waals surface area contributed by atoms with Crippen LogP contribution >= 0.6 is 27.5 Å². The van der Waals surface area contributed by atoms with E-state index in [-0.39, 0.29) is 6.54 Å². The van der Waals surface area contributed by atoms with Gasteiger partial charge in [0, 0.05) is 21.3 Å². The van der Waals surface area contributed by atoms with E-state index in [0.29, 0.717) is 10.7 Å². The molecule has 0 radical (unpaired) electrons. The Labute approximate surface area is 176 Å². The molecule has 0 spiro atoms. The maximum atomic E-state index is 11.9. The molecule has 28 heavy (non-hydrogen) atoms. The lowest BCUT2D eigenvalue weighted by Gasteiger charge is -2.10. The molecule has 0 atom stereocenters. The number of anilines is 1. The monoisotopic (exact) mass is 464 g/mol. The fraction of sp³-hybridized carbons (Fsp3) is 0.150.